The number of amides is 2. The van der Waals surface area contributed by atoms with Gasteiger partial charge in [0.15, 0.2) is 11.5 Å². The molecule has 3 aromatic rings. The number of rotatable bonds is 9. The lowest BCUT2D eigenvalue weighted by Crippen LogP contribution is -2.21. The summed E-state index contributed by atoms with van der Waals surface area (Å²) >= 11 is 4.81. The lowest BCUT2D eigenvalue weighted by atomic mass is 10.1. The molecule has 0 fully saturated rings. The zero-order valence-electron chi connectivity index (χ0n) is 17.6. The van der Waals surface area contributed by atoms with Crippen molar-refractivity contribution in [3.63, 3.8) is 0 Å². The molecule has 2 amide bonds. The van der Waals surface area contributed by atoms with Crippen LogP contribution >= 0.6 is 27.3 Å². The first-order valence-corrected chi connectivity index (χ1v) is 11.6. The van der Waals surface area contributed by atoms with Gasteiger partial charge in [-0.05, 0) is 71.1 Å². The fourth-order valence-electron chi connectivity index (χ4n) is 2.82. The van der Waals surface area contributed by atoms with Gasteiger partial charge in [0.1, 0.15) is 0 Å². The topological polar surface area (TPSA) is 89.0 Å². The fourth-order valence-corrected chi connectivity index (χ4v) is 4.01. The standard InChI is InChI=1S/C23H22BrN3O4S/c1-3-30-19-13-15(12-17(24)21(19)31-4-2)14-25-27-22(28)16-8-5-6-9-18(16)26-23(29)20-10-7-11-32-20/h5-14H,3-4H2,1-2H3,(H,26,29)(H,27,28)/b25-14-. The molecule has 1 aromatic heterocycles. The van der Waals surface area contributed by atoms with Gasteiger partial charge in [-0.1, -0.05) is 18.2 Å². The number of nitrogens with zero attached hydrogens (tertiary/aromatic N) is 1. The first-order valence-electron chi connectivity index (χ1n) is 9.89. The lowest BCUT2D eigenvalue weighted by Gasteiger charge is -2.13. The number of halogens is 1. The predicted octanol–water partition coefficient (Wildman–Crippen LogP) is 5.32. The number of anilines is 1. The number of nitrogens with one attached hydrogen (secondary N) is 2. The smallest absolute Gasteiger partial charge is 0.273 e. The van der Waals surface area contributed by atoms with E-state index in [1.165, 1.54) is 17.6 Å². The first-order chi connectivity index (χ1) is 15.5. The van der Waals surface area contributed by atoms with Crippen molar-refractivity contribution in [1.82, 2.24) is 5.43 Å². The summed E-state index contributed by atoms with van der Waals surface area (Å²) in [7, 11) is 0. The molecule has 7 nitrogen and oxygen atoms in total. The molecule has 0 saturated heterocycles. The molecule has 0 spiro atoms. The molecule has 0 bridgehead atoms. The molecule has 0 aliphatic carbocycles. The molecule has 1 heterocycles. The van der Waals surface area contributed by atoms with Crippen LogP contribution in [-0.2, 0) is 0 Å². The van der Waals surface area contributed by atoms with Crippen molar-refractivity contribution in [2.45, 2.75) is 13.8 Å². The van der Waals surface area contributed by atoms with Crippen molar-refractivity contribution >= 4 is 51.0 Å². The summed E-state index contributed by atoms with van der Waals surface area (Å²) in [5.41, 5.74) is 3.92. The van der Waals surface area contributed by atoms with E-state index in [9.17, 15) is 9.59 Å². The van der Waals surface area contributed by atoms with Gasteiger partial charge in [-0.25, -0.2) is 5.43 Å². The minimum atomic E-state index is -0.446. The highest BCUT2D eigenvalue weighted by molar-refractivity contribution is 9.10. The Morgan fingerprint density at radius 3 is 2.56 bits per heavy atom. The maximum absolute atomic E-state index is 12.7. The van der Waals surface area contributed by atoms with E-state index in [0.29, 0.717) is 46.4 Å². The number of carbonyl (C=O) groups is 2. The maximum Gasteiger partial charge on any atom is 0.273 e. The van der Waals surface area contributed by atoms with Crippen LogP contribution in [0.4, 0.5) is 5.69 Å². The number of hydrogen-bond acceptors (Lipinski definition) is 6. The molecule has 0 unspecified atom stereocenters. The summed E-state index contributed by atoms with van der Waals surface area (Å²) in [6, 6.07) is 13.9. The third-order valence-corrected chi connectivity index (χ3v) is 5.62. The van der Waals surface area contributed by atoms with Crippen LogP contribution in [0.5, 0.6) is 11.5 Å². The van der Waals surface area contributed by atoms with Gasteiger partial charge in [0.05, 0.1) is 40.0 Å². The Labute approximate surface area is 198 Å². The van der Waals surface area contributed by atoms with Crippen molar-refractivity contribution in [3.8, 4) is 11.5 Å². The number of benzene rings is 2. The van der Waals surface area contributed by atoms with E-state index in [2.05, 4.69) is 31.8 Å². The van der Waals surface area contributed by atoms with Crippen LogP contribution in [-0.4, -0.2) is 31.2 Å². The molecular formula is C23H22BrN3O4S. The second kappa shape index (κ2) is 11.4. The first kappa shape index (κ1) is 23.5. The number of thiophene rings is 1. The van der Waals surface area contributed by atoms with Gasteiger partial charge < -0.3 is 14.8 Å². The highest BCUT2D eigenvalue weighted by Gasteiger charge is 2.15. The third kappa shape index (κ3) is 5.95. The summed E-state index contributed by atoms with van der Waals surface area (Å²) in [5.74, 6) is 0.480. The molecule has 0 atom stereocenters. The molecule has 9 heteroatoms. The van der Waals surface area contributed by atoms with E-state index in [0.717, 1.165) is 4.47 Å². The molecule has 166 valence electrons. The Balaban J connectivity index is 1.73. The monoisotopic (exact) mass is 515 g/mol. The minimum Gasteiger partial charge on any atom is -0.490 e. The van der Waals surface area contributed by atoms with Crippen LogP contribution < -0.4 is 20.2 Å². The van der Waals surface area contributed by atoms with Crippen molar-refractivity contribution in [3.05, 3.63) is 74.4 Å². The lowest BCUT2D eigenvalue weighted by molar-refractivity contribution is 0.0956. The molecular weight excluding hydrogens is 494 g/mol. The molecule has 0 saturated carbocycles. The van der Waals surface area contributed by atoms with Crippen LogP contribution in [0.3, 0.4) is 0 Å². The van der Waals surface area contributed by atoms with Gasteiger partial charge in [0, 0.05) is 0 Å². The minimum absolute atomic E-state index is 0.272. The van der Waals surface area contributed by atoms with E-state index >= 15 is 0 Å². The largest absolute Gasteiger partial charge is 0.490 e. The van der Waals surface area contributed by atoms with Crippen molar-refractivity contribution < 1.29 is 19.1 Å². The Bertz CT molecular complexity index is 1120. The van der Waals surface area contributed by atoms with Crippen molar-refractivity contribution in [2.75, 3.05) is 18.5 Å². The highest BCUT2D eigenvalue weighted by atomic mass is 79.9. The second-order valence-corrected chi connectivity index (χ2v) is 8.17. The van der Waals surface area contributed by atoms with Gasteiger partial charge in [0.25, 0.3) is 11.8 Å². The third-order valence-electron chi connectivity index (χ3n) is 4.16. The van der Waals surface area contributed by atoms with E-state index in [1.807, 2.05) is 25.3 Å². The number of ether oxygens (including phenoxy) is 2. The molecule has 2 N–H and O–H groups in total. The molecule has 3 rings (SSSR count). The number of hydrazone groups is 1. The predicted molar refractivity (Wildman–Crippen MR) is 130 cm³/mol. The average Bonchev–Trinajstić information content (AvgIpc) is 3.32. The van der Waals surface area contributed by atoms with Crippen LogP contribution in [0.15, 0.2) is 63.5 Å². The van der Waals surface area contributed by atoms with E-state index < -0.39 is 5.91 Å². The van der Waals surface area contributed by atoms with Crippen molar-refractivity contribution in [2.24, 2.45) is 5.10 Å². The van der Waals surface area contributed by atoms with Gasteiger partial charge >= 0.3 is 0 Å². The summed E-state index contributed by atoms with van der Waals surface area (Å²) in [6.07, 6.45) is 1.51. The number of para-hydroxylation sites is 1. The average molecular weight is 516 g/mol. The maximum atomic E-state index is 12.7. The molecule has 0 radical (unpaired) electrons. The van der Waals surface area contributed by atoms with Crippen molar-refractivity contribution in [1.29, 1.82) is 0 Å². The molecule has 32 heavy (non-hydrogen) atoms. The van der Waals surface area contributed by atoms with E-state index in [4.69, 9.17) is 9.47 Å². The number of hydrogen-bond donors (Lipinski definition) is 2. The molecule has 2 aromatic carbocycles. The SMILES string of the molecule is CCOc1cc(/C=N\NC(=O)c2ccccc2NC(=O)c2cccs2)cc(Br)c1OCC. The number of carbonyl (C=O) groups excluding carboxylic acids is 2. The van der Waals surface area contributed by atoms with Gasteiger partial charge in [-0.15, -0.1) is 11.3 Å². The quantitative estimate of drug-likeness (QED) is 0.298. The summed E-state index contributed by atoms with van der Waals surface area (Å²) in [6.45, 7) is 4.77. The fraction of sp³-hybridized carbons (Fsp3) is 0.174. The zero-order chi connectivity index (χ0) is 22.9. The van der Waals surface area contributed by atoms with E-state index in [-0.39, 0.29) is 5.91 Å². The van der Waals surface area contributed by atoms with Crippen LogP contribution in [0.25, 0.3) is 0 Å². The van der Waals surface area contributed by atoms with Gasteiger partial charge in [0.2, 0.25) is 0 Å². The van der Waals surface area contributed by atoms with E-state index in [1.54, 1.807) is 42.5 Å². The van der Waals surface area contributed by atoms with Gasteiger partial charge in [-0.2, -0.15) is 5.10 Å². The molecule has 0 aliphatic heterocycles. The molecule has 0 aliphatic rings. The van der Waals surface area contributed by atoms with Gasteiger partial charge in [-0.3, -0.25) is 9.59 Å². The van der Waals surface area contributed by atoms with Crippen LogP contribution in [0.2, 0.25) is 0 Å². The highest BCUT2D eigenvalue weighted by Crippen LogP contribution is 2.36. The Hall–Kier alpha value is -3.17. The summed E-state index contributed by atoms with van der Waals surface area (Å²) in [4.78, 5) is 25.6. The second-order valence-electron chi connectivity index (χ2n) is 6.37. The Kier molecular flexibility index (Phi) is 8.41. The Morgan fingerprint density at radius 1 is 1.06 bits per heavy atom. The summed E-state index contributed by atoms with van der Waals surface area (Å²) < 4.78 is 12.0. The summed E-state index contributed by atoms with van der Waals surface area (Å²) in [5, 5.41) is 8.64. The van der Waals surface area contributed by atoms with Crippen LogP contribution in [0.1, 0.15) is 39.4 Å². The Morgan fingerprint density at radius 2 is 1.84 bits per heavy atom. The van der Waals surface area contributed by atoms with Crippen LogP contribution in [0, 0.1) is 0 Å². The zero-order valence-corrected chi connectivity index (χ0v) is 20.0. The normalized spacial score (nSPS) is 10.7.